The average Bonchev–Trinajstić information content (AvgIpc) is 3.54. The number of imidazole rings is 1. The van der Waals surface area contributed by atoms with E-state index < -0.39 is 0 Å². The van der Waals surface area contributed by atoms with Crippen LogP contribution < -0.4 is 5.73 Å². The second-order valence-corrected chi connectivity index (χ2v) is 11.2. The third-order valence-corrected chi connectivity index (χ3v) is 8.19. The smallest absolute Gasteiger partial charge is 0.165 e. The molecular weight excluding hydrogens is 592 g/mol. The summed E-state index contributed by atoms with van der Waals surface area (Å²) in [6.07, 6.45) is 8.83. The monoisotopic (exact) mass is 620 g/mol. The van der Waals surface area contributed by atoms with Crippen molar-refractivity contribution in [3.8, 4) is 22.4 Å². The van der Waals surface area contributed by atoms with Crippen LogP contribution in [0.2, 0.25) is 0 Å². The van der Waals surface area contributed by atoms with Crippen LogP contribution in [-0.4, -0.2) is 36.0 Å². The van der Waals surface area contributed by atoms with Crippen molar-refractivity contribution in [1.82, 2.24) is 24.3 Å². The molecule has 0 amide bonds. The fourth-order valence-corrected chi connectivity index (χ4v) is 5.78. The molecule has 0 aliphatic rings. The number of pyridine rings is 4. The number of amidine groups is 2. The minimum Gasteiger partial charge on any atom is -0.383 e. The van der Waals surface area contributed by atoms with E-state index in [1.54, 1.807) is 24.8 Å². The molecule has 8 nitrogen and oxygen atoms in total. The van der Waals surface area contributed by atoms with Crippen molar-refractivity contribution in [2.75, 3.05) is 0 Å². The van der Waals surface area contributed by atoms with E-state index in [-0.39, 0.29) is 0 Å². The zero-order chi connectivity index (χ0) is 32.5. The van der Waals surface area contributed by atoms with Crippen molar-refractivity contribution in [2.45, 2.75) is 0 Å². The van der Waals surface area contributed by atoms with Gasteiger partial charge in [0, 0.05) is 64.0 Å². The molecule has 0 unspecified atom stereocenters. The summed E-state index contributed by atoms with van der Waals surface area (Å²) >= 11 is 0. The maximum Gasteiger partial charge on any atom is 0.165 e. The highest BCUT2D eigenvalue weighted by molar-refractivity contribution is 6.12. The lowest BCUT2D eigenvalue weighted by Crippen LogP contribution is -2.16. The molecule has 0 atom stereocenters. The van der Waals surface area contributed by atoms with E-state index in [0.717, 1.165) is 66.7 Å². The van der Waals surface area contributed by atoms with Crippen LogP contribution in [0, 0.1) is 0 Å². The molecule has 2 N–H and O–H groups in total. The minimum absolute atomic E-state index is 0.326. The SMILES string of the molecule is C=C(/N=C(\N=C(/N)c1cccc(-c2ccc(-c3nc4c(nc5ccccn54)c4ccccc34)cc2)c1)c1cccnc1)c1cccnc1. The highest BCUT2D eigenvalue weighted by Gasteiger charge is 2.15. The Kier molecular flexibility index (Phi) is 7.28. The van der Waals surface area contributed by atoms with E-state index in [1.807, 2.05) is 83.4 Å². The van der Waals surface area contributed by atoms with Crippen LogP contribution in [0.3, 0.4) is 0 Å². The van der Waals surface area contributed by atoms with Gasteiger partial charge in [0.25, 0.3) is 0 Å². The van der Waals surface area contributed by atoms with E-state index in [2.05, 4.69) is 59.0 Å². The first-order valence-corrected chi connectivity index (χ1v) is 15.4. The molecule has 0 bridgehead atoms. The molecule has 8 rings (SSSR count). The van der Waals surface area contributed by atoms with Crippen LogP contribution in [0.5, 0.6) is 0 Å². The maximum absolute atomic E-state index is 6.61. The highest BCUT2D eigenvalue weighted by atomic mass is 15.1. The van der Waals surface area contributed by atoms with Gasteiger partial charge in [-0.2, -0.15) is 0 Å². The van der Waals surface area contributed by atoms with Gasteiger partial charge in [0.15, 0.2) is 11.5 Å². The normalized spacial score (nSPS) is 12.2. The molecule has 0 radical (unpaired) electrons. The fourth-order valence-electron chi connectivity index (χ4n) is 5.78. The van der Waals surface area contributed by atoms with Gasteiger partial charge in [0.2, 0.25) is 0 Å². The van der Waals surface area contributed by atoms with Gasteiger partial charge in [-0.25, -0.2) is 20.0 Å². The van der Waals surface area contributed by atoms with Crippen LogP contribution in [0.15, 0.2) is 163 Å². The van der Waals surface area contributed by atoms with Gasteiger partial charge in [-0.05, 0) is 53.6 Å². The van der Waals surface area contributed by atoms with E-state index in [9.17, 15) is 0 Å². The van der Waals surface area contributed by atoms with Crippen molar-refractivity contribution < 1.29 is 0 Å². The zero-order valence-electron chi connectivity index (χ0n) is 25.8. The van der Waals surface area contributed by atoms with Crippen LogP contribution >= 0.6 is 0 Å². The molecular formula is C40H28N8. The molecule has 0 fully saturated rings. The van der Waals surface area contributed by atoms with Gasteiger partial charge in [0.05, 0.1) is 11.4 Å². The molecule has 5 heterocycles. The molecule has 0 saturated heterocycles. The van der Waals surface area contributed by atoms with Crippen LogP contribution in [0.4, 0.5) is 0 Å². The van der Waals surface area contributed by atoms with Crippen molar-refractivity contribution >= 4 is 45.0 Å². The quantitative estimate of drug-likeness (QED) is 0.150. The van der Waals surface area contributed by atoms with Gasteiger partial charge < -0.3 is 5.73 Å². The summed E-state index contributed by atoms with van der Waals surface area (Å²) in [6.45, 7) is 4.13. The molecule has 228 valence electrons. The summed E-state index contributed by atoms with van der Waals surface area (Å²) in [4.78, 5) is 27.9. The first-order valence-electron chi connectivity index (χ1n) is 15.4. The Bertz CT molecular complexity index is 2520. The highest BCUT2D eigenvalue weighted by Crippen LogP contribution is 2.33. The molecule has 8 aromatic rings. The van der Waals surface area contributed by atoms with Crippen LogP contribution in [-0.2, 0) is 0 Å². The summed E-state index contributed by atoms with van der Waals surface area (Å²) in [5.41, 5.74) is 16.0. The fraction of sp³-hybridized carbons (Fsp3) is 0. The average molecular weight is 621 g/mol. The first-order chi connectivity index (χ1) is 23.6. The van der Waals surface area contributed by atoms with Gasteiger partial charge in [0.1, 0.15) is 17.0 Å². The Balaban J connectivity index is 1.14. The summed E-state index contributed by atoms with van der Waals surface area (Å²) < 4.78 is 2.04. The Morgan fingerprint density at radius 3 is 2.10 bits per heavy atom. The van der Waals surface area contributed by atoms with Gasteiger partial charge in [-0.15, -0.1) is 0 Å². The second kappa shape index (κ2) is 12.2. The van der Waals surface area contributed by atoms with Crippen molar-refractivity contribution in [3.63, 3.8) is 0 Å². The molecule has 3 aromatic carbocycles. The predicted octanol–water partition coefficient (Wildman–Crippen LogP) is 7.98. The van der Waals surface area contributed by atoms with Crippen molar-refractivity contribution in [3.05, 3.63) is 170 Å². The maximum atomic E-state index is 6.61. The van der Waals surface area contributed by atoms with Crippen molar-refractivity contribution in [2.24, 2.45) is 15.7 Å². The Hall–Kier alpha value is -6.80. The standard InChI is InChI=1S/C40H28N8/c1-26(31-11-7-20-42-24-31)44-39(32-12-8-21-43-25-32)47-38(41)30-10-6-9-29(23-30)27-16-18-28(19-17-27)36-33-13-2-3-14-34(33)37-40(46-36)48-22-5-4-15-35(48)45-37/h2-25H,1H2,(H2,41,44,47). The summed E-state index contributed by atoms with van der Waals surface area (Å²) in [5.74, 6) is 0.735. The molecule has 0 aliphatic heterocycles. The number of hydrogen-bond donors (Lipinski definition) is 1. The number of nitrogens with two attached hydrogens (primary N) is 1. The Morgan fingerprint density at radius 1 is 0.625 bits per heavy atom. The zero-order valence-corrected chi connectivity index (χ0v) is 25.8. The van der Waals surface area contributed by atoms with E-state index >= 15 is 0 Å². The summed E-state index contributed by atoms with van der Waals surface area (Å²) in [7, 11) is 0. The minimum atomic E-state index is 0.326. The van der Waals surface area contributed by atoms with E-state index in [0.29, 0.717) is 17.4 Å². The second-order valence-electron chi connectivity index (χ2n) is 11.2. The summed E-state index contributed by atoms with van der Waals surface area (Å²) in [5, 5.41) is 2.13. The molecule has 48 heavy (non-hydrogen) atoms. The number of fused-ring (bicyclic) bond motifs is 5. The third-order valence-electron chi connectivity index (χ3n) is 8.19. The van der Waals surface area contributed by atoms with Crippen molar-refractivity contribution in [1.29, 1.82) is 0 Å². The van der Waals surface area contributed by atoms with Crippen LogP contribution in [0.1, 0.15) is 16.7 Å². The molecule has 5 aromatic heterocycles. The Morgan fingerprint density at radius 2 is 1.33 bits per heavy atom. The molecule has 8 heteroatoms. The molecule has 0 aliphatic carbocycles. The first kappa shape index (κ1) is 28.7. The van der Waals surface area contributed by atoms with Gasteiger partial charge in [-0.3, -0.25) is 14.4 Å². The van der Waals surface area contributed by atoms with E-state index in [1.165, 1.54) is 0 Å². The lowest BCUT2D eigenvalue weighted by Gasteiger charge is -2.10. The van der Waals surface area contributed by atoms with Gasteiger partial charge >= 0.3 is 0 Å². The largest absolute Gasteiger partial charge is 0.383 e. The Labute approximate surface area is 276 Å². The summed E-state index contributed by atoms with van der Waals surface area (Å²) in [6, 6.07) is 38.2. The lowest BCUT2D eigenvalue weighted by molar-refractivity contribution is 1.19. The van der Waals surface area contributed by atoms with Gasteiger partial charge in [-0.1, -0.05) is 79.4 Å². The predicted molar refractivity (Wildman–Crippen MR) is 194 cm³/mol. The number of aromatic nitrogens is 5. The molecule has 0 spiro atoms. The number of hydrogen-bond acceptors (Lipinski definition) is 5. The number of nitrogens with zero attached hydrogens (tertiary/aromatic N) is 7. The van der Waals surface area contributed by atoms with E-state index in [4.69, 9.17) is 25.7 Å². The van der Waals surface area contributed by atoms with Crippen LogP contribution in [0.25, 0.3) is 55.7 Å². The number of benzene rings is 3. The third kappa shape index (κ3) is 5.37. The number of rotatable bonds is 6. The molecule has 0 saturated carbocycles. The lowest BCUT2D eigenvalue weighted by atomic mass is 9.98. The number of aliphatic imine (C=N–C) groups is 2. The topological polar surface area (TPSA) is 107 Å².